The Kier molecular flexibility index (Phi) is 3.49. The summed E-state index contributed by atoms with van der Waals surface area (Å²) in [6, 6.07) is 16.0. The van der Waals surface area contributed by atoms with Gasteiger partial charge < -0.3 is 4.90 Å². The molecule has 0 atom stereocenters. The van der Waals surface area contributed by atoms with Crippen LogP contribution >= 0.6 is 15.9 Å². The SMILES string of the molecule is CC1(C)CN2C(=O)c3ccccc3N(Cc3ccc(Br)cc3)C2=N1. The number of nitrogens with zero attached hydrogens (tertiary/aromatic N) is 3. The lowest BCUT2D eigenvalue weighted by Gasteiger charge is -2.36. The van der Waals surface area contributed by atoms with Gasteiger partial charge in [-0.1, -0.05) is 40.2 Å². The maximum Gasteiger partial charge on any atom is 0.262 e. The van der Waals surface area contributed by atoms with Crippen LogP contribution < -0.4 is 4.90 Å². The molecular formula is C19H18BrN3O. The van der Waals surface area contributed by atoms with Crippen molar-refractivity contribution in [2.75, 3.05) is 11.4 Å². The van der Waals surface area contributed by atoms with Crippen LogP contribution in [0.15, 0.2) is 58.0 Å². The van der Waals surface area contributed by atoms with E-state index < -0.39 is 0 Å². The Hall–Kier alpha value is -2.14. The minimum Gasteiger partial charge on any atom is -0.307 e. The van der Waals surface area contributed by atoms with E-state index in [1.54, 1.807) is 4.90 Å². The smallest absolute Gasteiger partial charge is 0.262 e. The lowest BCUT2D eigenvalue weighted by Crippen LogP contribution is -2.50. The van der Waals surface area contributed by atoms with Gasteiger partial charge in [-0.25, -0.2) is 4.99 Å². The molecular weight excluding hydrogens is 366 g/mol. The fraction of sp³-hybridized carbons (Fsp3) is 0.263. The first kappa shape index (κ1) is 15.4. The van der Waals surface area contributed by atoms with Gasteiger partial charge in [0.1, 0.15) is 0 Å². The summed E-state index contributed by atoms with van der Waals surface area (Å²) in [5.41, 5.74) is 2.59. The third-order valence-corrected chi connectivity index (χ3v) is 4.88. The first-order valence-electron chi connectivity index (χ1n) is 7.97. The van der Waals surface area contributed by atoms with Crippen molar-refractivity contribution in [1.82, 2.24) is 4.90 Å². The Morgan fingerprint density at radius 1 is 1.12 bits per heavy atom. The number of fused-ring (bicyclic) bond motifs is 2. The Morgan fingerprint density at radius 3 is 2.58 bits per heavy atom. The molecule has 0 saturated carbocycles. The average molecular weight is 384 g/mol. The Labute approximate surface area is 149 Å². The average Bonchev–Trinajstić information content (AvgIpc) is 2.89. The van der Waals surface area contributed by atoms with Crippen molar-refractivity contribution in [3.63, 3.8) is 0 Å². The number of carbonyl (C=O) groups excluding carboxylic acids is 1. The number of carbonyl (C=O) groups is 1. The monoisotopic (exact) mass is 383 g/mol. The second kappa shape index (κ2) is 5.45. The van der Waals surface area contributed by atoms with E-state index in [9.17, 15) is 4.79 Å². The summed E-state index contributed by atoms with van der Waals surface area (Å²) in [7, 11) is 0. The highest BCUT2D eigenvalue weighted by atomic mass is 79.9. The largest absolute Gasteiger partial charge is 0.307 e. The second-order valence-electron chi connectivity index (χ2n) is 6.85. The molecule has 0 aromatic heterocycles. The molecule has 0 aliphatic carbocycles. The molecule has 0 spiro atoms. The molecule has 0 fully saturated rings. The third-order valence-electron chi connectivity index (χ3n) is 4.35. The zero-order chi connectivity index (χ0) is 16.9. The topological polar surface area (TPSA) is 35.9 Å². The van der Waals surface area contributed by atoms with Crippen LogP contribution in [-0.2, 0) is 6.54 Å². The highest BCUT2D eigenvalue weighted by Crippen LogP contribution is 2.35. The van der Waals surface area contributed by atoms with Gasteiger partial charge in [-0.3, -0.25) is 9.69 Å². The molecule has 0 N–H and O–H groups in total. The van der Waals surface area contributed by atoms with Gasteiger partial charge >= 0.3 is 0 Å². The lowest BCUT2D eigenvalue weighted by atomic mass is 10.1. The number of para-hydroxylation sites is 1. The number of hydrogen-bond acceptors (Lipinski definition) is 3. The number of hydrogen-bond donors (Lipinski definition) is 0. The molecule has 4 rings (SSSR count). The van der Waals surface area contributed by atoms with Gasteiger partial charge in [0.05, 0.1) is 29.9 Å². The zero-order valence-electron chi connectivity index (χ0n) is 13.7. The van der Waals surface area contributed by atoms with E-state index in [1.165, 1.54) is 5.56 Å². The van der Waals surface area contributed by atoms with Crippen molar-refractivity contribution in [2.45, 2.75) is 25.9 Å². The summed E-state index contributed by atoms with van der Waals surface area (Å²) < 4.78 is 1.06. The molecule has 2 aromatic carbocycles. The molecule has 0 unspecified atom stereocenters. The fourth-order valence-electron chi connectivity index (χ4n) is 3.26. The van der Waals surface area contributed by atoms with Gasteiger partial charge in [-0.15, -0.1) is 0 Å². The van der Waals surface area contributed by atoms with E-state index in [1.807, 2.05) is 36.4 Å². The van der Waals surface area contributed by atoms with Crippen LogP contribution in [0.2, 0.25) is 0 Å². The third kappa shape index (κ3) is 2.53. The summed E-state index contributed by atoms with van der Waals surface area (Å²) in [6.45, 7) is 5.43. The zero-order valence-corrected chi connectivity index (χ0v) is 15.2. The normalized spacial score (nSPS) is 18.3. The van der Waals surface area contributed by atoms with Gasteiger partial charge in [-0.05, 0) is 43.7 Å². The van der Waals surface area contributed by atoms with Gasteiger partial charge in [0.25, 0.3) is 5.91 Å². The number of anilines is 1. The van der Waals surface area contributed by atoms with E-state index in [2.05, 4.69) is 46.8 Å². The van der Waals surface area contributed by atoms with E-state index in [-0.39, 0.29) is 11.4 Å². The summed E-state index contributed by atoms with van der Waals surface area (Å²) in [5.74, 6) is 0.800. The van der Waals surface area contributed by atoms with Crippen molar-refractivity contribution >= 4 is 33.5 Å². The van der Waals surface area contributed by atoms with Crippen LogP contribution in [0.3, 0.4) is 0 Å². The molecule has 2 aliphatic rings. The van der Waals surface area contributed by atoms with Gasteiger partial charge in [0, 0.05) is 4.47 Å². The van der Waals surface area contributed by atoms with E-state index in [0.29, 0.717) is 13.1 Å². The van der Waals surface area contributed by atoms with Crippen LogP contribution in [0.5, 0.6) is 0 Å². The van der Waals surface area contributed by atoms with Crippen molar-refractivity contribution in [1.29, 1.82) is 0 Å². The van der Waals surface area contributed by atoms with Gasteiger partial charge in [-0.2, -0.15) is 0 Å². The maximum absolute atomic E-state index is 12.8. The van der Waals surface area contributed by atoms with E-state index in [0.717, 1.165) is 21.7 Å². The molecule has 122 valence electrons. The number of amides is 1. The van der Waals surface area contributed by atoms with E-state index in [4.69, 9.17) is 4.99 Å². The minimum absolute atomic E-state index is 0.0435. The standard InChI is InChI=1S/C19H18BrN3O/c1-19(2)12-23-17(24)15-5-3-4-6-16(15)22(18(23)21-19)11-13-7-9-14(20)10-8-13/h3-10H,11-12H2,1-2H3. The van der Waals surface area contributed by atoms with Crippen molar-refractivity contribution < 1.29 is 4.79 Å². The van der Waals surface area contributed by atoms with Crippen molar-refractivity contribution in [3.8, 4) is 0 Å². The predicted molar refractivity (Wildman–Crippen MR) is 99.3 cm³/mol. The maximum atomic E-state index is 12.8. The van der Waals surface area contributed by atoms with Crippen LogP contribution in [0, 0.1) is 0 Å². The van der Waals surface area contributed by atoms with Crippen LogP contribution in [-0.4, -0.2) is 28.9 Å². The predicted octanol–water partition coefficient (Wildman–Crippen LogP) is 4.06. The van der Waals surface area contributed by atoms with Crippen molar-refractivity contribution in [2.24, 2.45) is 4.99 Å². The molecule has 0 saturated heterocycles. The van der Waals surface area contributed by atoms with Crippen LogP contribution in [0.4, 0.5) is 5.69 Å². The highest BCUT2D eigenvalue weighted by molar-refractivity contribution is 9.10. The molecule has 2 aromatic rings. The van der Waals surface area contributed by atoms with Gasteiger partial charge in [0.15, 0.2) is 0 Å². The van der Waals surface area contributed by atoms with Crippen LogP contribution in [0.1, 0.15) is 29.8 Å². The molecule has 2 aliphatic heterocycles. The molecule has 1 amide bonds. The second-order valence-corrected chi connectivity index (χ2v) is 7.76. The molecule has 24 heavy (non-hydrogen) atoms. The number of aliphatic imine (C=N–C) groups is 1. The molecule has 0 bridgehead atoms. The number of rotatable bonds is 2. The highest BCUT2D eigenvalue weighted by Gasteiger charge is 2.42. The Morgan fingerprint density at radius 2 is 1.83 bits per heavy atom. The van der Waals surface area contributed by atoms with E-state index >= 15 is 0 Å². The first-order chi connectivity index (χ1) is 11.4. The molecule has 0 radical (unpaired) electrons. The minimum atomic E-state index is -0.259. The summed E-state index contributed by atoms with van der Waals surface area (Å²) in [4.78, 5) is 21.6. The molecule has 4 nitrogen and oxygen atoms in total. The van der Waals surface area contributed by atoms with Crippen LogP contribution in [0.25, 0.3) is 0 Å². The lowest BCUT2D eigenvalue weighted by molar-refractivity contribution is 0.0838. The Bertz CT molecular complexity index is 842. The van der Waals surface area contributed by atoms with Crippen molar-refractivity contribution in [3.05, 3.63) is 64.1 Å². The molecule has 5 heteroatoms. The first-order valence-corrected chi connectivity index (χ1v) is 8.77. The van der Waals surface area contributed by atoms with Gasteiger partial charge in [0.2, 0.25) is 5.96 Å². The molecule has 2 heterocycles. The number of guanidine groups is 1. The summed E-state index contributed by atoms with van der Waals surface area (Å²) in [6.07, 6.45) is 0. The number of halogens is 1. The Balaban J connectivity index is 1.81. The summed E-state index contributed by atoms with van der Waals surface area (Å²) >= 11 is 3.47. The quantitative estimate of drug-likeness (QED) is 0.783. The summed E-state index contributed by atoms with van der Waals surface area (Å²) in [5, 5.41) is 0. The number of benzene rings is 2. The fourth-order valence-corrected chi connectivity index (χ4v) is 3.53.